The molecule has 100 valence electrons. The highest BCUT2D eigenvalue weighted by atomic mass is 79.9. The Hall–Kier alpha value is -1.68. The van der Waals surface area contributed by atoms with Crippen LogP contribution in [0.3, 0.4) is 0 Å². The third kappa shape index (κ3) is 3.20. The molecule has 0 bridgehead atoms. The first-order chi connectivity index (χ1) is 9.11. The van der Waals surface area contributed by atoms with Gasteiger partial charge in [0.15, 0.2) is 11.5 Å². The molecule has 0 aromatic heterocycles. The van der Waals surface area contributed by atoms with Crippen molar-refractivity contribution in [3.8, 4) is 11.5 Å². The Morgan fingerprint density at radius 2 is 1.95 bits per heavy atom. The number of ether oxygens (including phenoxy) is 2. The minimum absolute atomic E-state index is 0.436. The van der Waals surface area contributed by atoms with Gasteiger partial charge in [-0.15, -0.1) is 0 Å². The van der Waals surface area contributed by atoms with Crippen LogP contribution in [0.1, 0.15) is 11.1 Å². The number of nitrogens with two attached hydrogens (primary N) is 1. The van der Waals surface area contributed by atoms with E-state index in [1.165, 1.54) is 0 Å². The van der Waals surface area contributed by atoms with Gasteiger partial charge in [0.2, 0.25) is 0 Å². The molecule has 0 fully saturated rings. The van der Waals surface area contributed by atoms with E-state index in [0.717, 1.165) is 27.1 Å². The van der Waals surface area contributed by atoms with Gasteiger partial charge in [0.1, 0.15) is 6.61 Å². The normalized spacial score (nSPS) is 10.3. The first-order valence-electron chi connectivity index (χ1n) is 5.92. The Kier molecular flexibility index (Phi) is 4.32. The number of anilines is 1. The van der Waals surface area contributed by atoms with Crippen molar-refractivity contribution in [1.29, 1.82) is 0 Å². The second-order valence-electron chi connectivity index (χ2n) is 4.26. The smallest absolute Gasteiger partial charge is 0.161 e. The molecule has 0 heterocycles. The topological polar surface area (TPSA) is 44.5 Å². The van der Waals surface area contributed by atoms with Crippen LogP contribution in [0.25, 0.3) is 0 Å². The fraction of sp³-hybridized carbons (Fsp3) is 0.200. The first-order valence-corrected chi connectivity index (χ1v) is 6.71. The summed E-state index contributed by atoms with van der Waals surface area (Å²) in [7, 11) is 1.64. The van der Waals surface area contributed by atoms with Crippen LogP contribution in [-0.4, -0.2) is 7.11 Å². The average molecular weight is 322 g/mol. The van der Waals surface area contributed by atoms with E-state index in [0.29, 0.717) is 12.3 Å². The van der Waals surface area contributed by atoms with Crippen LogP contribution in [0.5, 0.6) is 11.5 Å². The molecule has 0 saturated heterocycles. The number of hydrogen-bond donors (Lipinski definition) is 1. The van der Waals surface area contributed by atoms with Gasteiger partial charge in [-0.1, -0.05) is 18.2 Å². The van der Waals surface area contributed by atoms with Crippen LogP contribution in [0.15, 0.2) is 40.9 Å². The van der Waals surface area contributed by atoms with Crippen LogP contribution >= 0.6 is 15.9 Å². The summed E-state index contributed by atoms with van der Waals surface area (Å²) in [6.45, 7) is 2.45. The van der Waals surface area contributed by atoms with Gasteiger partial charge >= 0.3 is 0 Å². The van der Waals surface area contributed by atoms with Crippen LogP contribution in [0.2, 0.25) is 0 Å². The van der Waals surface area contributed by atoms with Crippen molar-refractivity contribution in [2.24, 2.45) is 0 Å². The summed E-state index contributed by atoms with van der Waals surface area (Å²) < 4.78 is 12.0. The quantitative estimate of drug-likeness (QED) is 0.868. The Morgan fingerprint density at radius 1 is 1.16 bits per heavy atom. The second-order valence-corrected chi connectivity index (χ2v) is 5.06. The fourth-order valence-corrected chi connectivity index (χ4v) is 2.14. The van der Waals surface area contributed by atoms with E-state index >= 15 is 0 Å². The zero-order valence-electron chi connectivity index (χ0n) is 10.9. The molecule has 0 saturated carbocycles. The van der Waals surface area contributed by atoms with E-state index in [9.17, 15) is 0 Å². The summed E-state index contributed by atoms with van der Waals surface area (Å²) in [5.74, 6) is 1.46. The van der Waals surface area contributed by atoms with Crippen molar-refractivity contribution in [2.75, 3.05) is 12.8 Å². The van der Waals surface area contributed by atoms with Gasteiger partial charge in [0.05, 0.1) is 7.11 Å². The average Bonchev–Trinajstić information content (AvgIpc) is 2.41. The Labute approximate surface area is 121 Å². The van der Waals surface area contributed by atoms with E-state index < -0.39 is 0 Å². The van der Waals surface area contributed by atoms with E-state index in [2.05, 4.69) is 15.9 Å². The van der Waals surface area contributed by atoms with E-state index in [1.54, 1.807) is 7.11 Å². The molecule has 4 heteroatoms. The van der Waals surface area contributed by atoms with Crippen molar-refractivity contribution >= 4 is 21.6 Å². The Balaban J connectivity index is 2.17. The summed E-state index contributed by atoms with van der Waals surface area (Å²) in [6, 6.07) is 11.6. The van der Waals surface area contributed by atoms with Gasteiger partial charge in [0, 0.05) is 15.7 Å². The molecule has 2 aromatic carbocycles. The lowest BCUT2D eigenvalue weighted by atomic mass is 10.2. The second kappa shape index (κ2) is 5.97. The molecule has 0 amide bonds. The van der Waals surface area contributed by atoms with Gasteiger partial charge in [0.25, 0.3) is 0 Å². The molecule has 2 N–H and O–H groups in total. The van der Waals surface area contributed by atoms with Crippen LogP contribution in [-0.2, 0) is 6.61 Å². The molecule has 0 aliphatic rings. The van der Waals surface area contributed by atoms with Gasteiger partial charge in [-0.3, -0.25) is 0 Å². The lowest BCUT2D eigenvalue weighted by Gasteiger charge is -2.12. The molecule has 0 aliphatic carbocycles. The molecule has 0 radical (unpaired) electrons. The van der Waals surface area contributed by atoms with Crippen LogP contribution in [0.4, 0.5) is 5.69 Å². The predicted molar refractivity (Wildman–Crippen MR) is 80.6 cm³/mol. The summed E-state index contributed by atoms with van der Waals surface area (Å²) in [5, 5.41) is 0. The molecule has 0 unspecified atom stereocenters. The molecular formula is C15H16BrNO2. The summed E-state index contributed by atoms with van der Waals surface area (Å²) in [5.41, 5.74) is 8.68. The van der Waals surface area contributed by atoms with Gasteiger partial charge < -0.3 is 15.2 Å². The molecule has 0 atom stereocenters. The van der Waals surface area contributed by atoms with Crippen molar-refractivity contribution in [1.82, 2.24) is 0 Å². The van der Waals surface area contributed by atoms with E-state index in [4.69, 9.17) is 15.2 Å². The van der Waals surface area contributed by atoms with E-state index in [1.807, 2.05) is 43.3 Å². The molecule has 2 aromatic rings. The Morgan fingerprint density at radius 3 is 2.68 bits per heavy atom. The highest BCUT2D eigenvalue weighted by Crippen LogP contribution is 2.30. The number of aryl methyl sites for hydroxylation is 1. The van der Waals surface area contributed by atoms with Gasteiger partial charge in [-0.05, 0) is 46.6 Å². The minimum Gasteiger partial charge on any atom is -0.493 e. The molecular weight excluding hydrogens is 306 g/mol. The molecule has 0 aliphatic heterocycles. The van der Waals surface area contributed by atoms with E-state index in [-0.39, 0.29) is 0 Å². The third-order valence-corrected chi connectivity index (χ3v) is 3.78. The summed E-state index contributed by atoms with van der Waals surface area (Å²) in [4.78, 5) is 0. The number of hydrogen-bond acceptors (Lipinski definition) is 3. The van der Waals surface area contributed by atoms with Crippen molar-refractivity contribution in [3.05, 3.63) is 52.0 Å². The lowest BCUT2D eigenvalue weighted by Crippen LogP contribution is -2.00. The highest BCUT2D eigenvalue weighted by molar-refractivity contribution is 9.10. The number of nitrogen functional groups attached to an aromatic ring is 1. The largest absolute Gasteiger partial charge is 0.493 e. The SMILES string of the molecule is COc1cc(C)ccc1OCc1cccc(N)c1Br. The van der Waals surface area contributed by atoms with Crippen molar-refractivity contribution in [2.45, 2.75) is 13.5 Å². The standard InChI is InChI=1S/C15H16BrNO2/c1-10-6-7-13(14(8-10)18-2)19-9-11-4-3-5-12(17)15(11)16/h3-8H,9,17H2,1-2H3. The number of rotatable bonds is 4. The van der Waals surface area contributed by atoms with Crippen LogP contribution in [0, 0.1) is 6.92 Å². The van der Waals surface area contributed by atoms with Gasteiger partial charge in [-0.2, -0.15) is 0 Å². The van der Waals surface area contributed by atoms with Crippen molar-refractivity contribution in [3.63, 3.8) is 0 Å². The van der Waals surface area contributed by atoms with Crippen LogP contribution < -0.4 is 15.2 Å². The minimum atomic E-state index is 0.436. The first kappa shape index (κ1) is 13.7. The summed E-state index contributed by atoms with van der Waals surface area (Å²) >= 11 is 3.46. The monoisotopic (exact) mass is 321 g/mol. The molecule has 2 rings (SSSR count). The maximum absolute atomic E-state index is 5.84. The number of benzene rings is 2. The highest BCUT2D eigenvalue weighted by Gasteiger charge is 2.07. The fourth-order valence-electron chi connectivity index (χ4n) is 1.76. The zero-order chi connectivity index (χ0) is 13.8. The zero-order valence-corrected chi connectivity index (χ0v) is 12.5. The Bertz CT molecular complexity index is 584. The third-order valence-electron chi connectivity index (χ3n) is 2.81. The lowest BCUT2D eigenvalue weighted by molar-refractivity contribution is 0.284. The van der Waals surface area contributed by atoms with Crippen molar-refractivity contribution < 1.29 is 9.47 Å². The van der Waals surface area contributed by atoms with Gasteiger partial charge in [-0.25, -0.2) is 0 Å². The summed E-state index contributed by atoms with van der Waals surface area (Å²) in [6.07, 6.45) is 0. The molecule has 3 nitrogen and oxygen atoms in total. The number of methoxy groups -OCH3 is 1. The maximum Gasteiger partial charge on any atom is 0.161 e. The number of halogens is 1. The molecule has 19 heavy (non-hydrogen) atoms. The maximum atomic E-state index is 5.84. The predicted octanol–water partition coefficient (Wildman–Crippen LogP) is 3.93. The molecule has 0 spiro atoms.